The zero-order valence-corrected chi connectivity index (χ0v) is 11.0. The number of para-hydroxylation sites is 1. The van der Waals surface area contributed by atoms with Gasteiger partial charge >= 0.3 is 0 Å². The van der Waals surface area contributed by atoms with Gasteiger partial charge in [-0.2, -0.15) is 11.3 Å². The summed E-state index contributed by atoms with van der Waals surface area (Å²) in [4.78, 5) is 0. The highest BCUT2D eigenvalue weighted by Crippen LogP contribution is 2.27. The Morgan fingerprint density at radius 1 is 1.25 bits per heavy atom. The van der Waals surface area contributed by atoms with E-state index in [9.17, 15) is 5.11 Å². The van der Waals surface area contributed by atoms with Gasteiger partial charge in [0, 0.05) is 18.7 Å². The maximum Gasteiger partial charge on any atom is 0.134 e. The molecule has 0 amide bonds. The van der Waals surface area contributed by atoms with Crippen LogP contribution in [0.3, 0.4) is 0 Å². The fourth-order valence-corrected chi connectivity index (χ4v) is 2.51. The molecule has 0 bridgehead atoms. The van der Waals surface area contributed by atoms with Crippen LogP contribution in [0.4, 0.5) is 0 Å². The summed E-state index contributed by atoms with van der Waals surface area (Å²) in [5.41, 5.74) is 2.18. The molecule has 0 aliphatic heterocycles. The molecule has 0 aliphatic rings. The summed E-state index contributed by atoms with van der Waals surface area (Å²) in [5.74, 6) is 0.320. The minimum Gasteiger partial charge on any atom is -0.506 e. The number of phenolic OH excluding ortho intramolecular Hbond substituents is 1. The highest BCUT2D eigenvalue weighted by molar-refractivity contribution is 9.10. The number of hydrogen-bond donors (Lipinski definition) is 2. The first-order chi connectivity index (χ1) is 7.77. The monoisotopic (exact) mass is 297 g/mol. The third kappa shape index (κ3) is 2.84. The Bertz CT molecular complexity index is 456. The smallest absolute Gasteiger partial charge is 0.134 e. The molecule has 2 rings (SSSR count). The second-order valence-corrected chi connectivity index (χ2v) is 5.12. The molecule has 1 heterocycles. The maximum absolute atomic E-state index is 9.77. The van der Waals surface area contributed by atoms with Crippen LogP contribution in [0.5, 0.6) is 5.75 Å². The van der Waals surface area contributed by atoms with Gasteiger partial charge in [0.05, 0.1) is 4.47 Å². The third-order valence-corrected chi connectivity index (χ3v) is 3.67. The highest BCUT2D eigenvalue weighted by Gasteiger charge is 2.03. The zero-order chi connectivity index (χ0) is 11.4. The Morgan fingerprint density at radius 2 is 2.12 bits per heavy atom. The molecule has 0 spiro atoms. The number of phenols is 1. The third-order valence-electron chi connectivity index (χ3n) is 2.30. The van der Waals surface area contributed by atoms with Gasteiger partial charge in [-0.25, -0.2) is 0 Å². The van der Waals surface area contributed by atoms with Gasteiger partial charge in [0.2, 0.25) is 0 Å². The lowest BCUT2D eigenvalue weighted by atomic mass is 10.2. The summed E-state index contributed by atoms with van der Waals surface area (Å²) < 4.78 is 0.738. The molecule has 0 saturated heterocycles. The molecule has 2 aromatic rings. The van der Waals surface area contributed by atoms with E-state index in [2.05, 4.69) is 38.1 Å². The molecular formula is C12H12BrNOS. The number of hydrogen-bond acceptors (Lipinski definition) is 3. The molecule has 0 unspecified atom stereocenters. The van der Waals surface area contributed by atoms with Gasteiger partial charge in [0.15, 0.2) is 0 Å². The lowest BCUT2D eigenvalue weighted by Crippen LogP contribution is -2.12. The Morgan fingerprint density at radius 3 is 2.88 bits per heavy atom. The van der Waals surface area contributed by atoms with Crippen molar-refractivity contribution in [3.8, 4) is 5.75 Å². The van der Waals surface area contributed by atoms with Crippen LogP contribution in [0.15, 0.2) is 39.5 Å². The molecule has 84 valence electrons. The minimum atomic E-state index is 0.320. The van der Waals surface area contributed by atoms with E-state index in [-0.39, 0.29) is 0 Å². The number of rotatable bonds is 4. The van der Waals surface area contributed by atoms with Crippen LogP contribution in [-0.2, 0) is 13.1 Å². The van der Waals surface area contributed by atoms with Crippen molar-refractivity contribution in [2.24, 2.45) is 0 Å². The van der Waals surface area contributed by atoms with E-state index >= 15 is 0 Å². The van der Waals surface area contributed by atoms with E-state index in [1.807, 2.05) is 18.2 Å². The summed E-state index contributed by atoms with van der Waals surface area (Å²) in [5, 5.41) is 17.2. The number of aromatic hydroxyl groups is 1. The number of halogens is 1. The maximum atomic E-state index is 9.77. The predicted octanol–water partition coefficient (Wildman–Crippen LogP) is 3.51. The van der Waals surface area contributed by atoms with Gasteiger partial charge in [-0.05, 0) is 44.4 Å². The van der Waals surface area contributed by atoms with Gasteiger partial charge in [0.1, 0.15) is 5.75 Å². The summed E-state index contributed by atoms with van der Waals surface area (Å²) >= 11 is 5.00. The lowest BCUT2D eigenvalue weighted by molar-refractivity contribution is 0.461. The number of benzene rings is 1. The quantitative estimate of drug-likeness (QED) is 0.905. The van der Waals surface area contributed by atoms with Crippen LogP contribution in [0.1, 0.15) is 11.1 Å². The molecule has 16 heavy (non-hydrogen) atoms. The Hall–Kier alpha value is -0.840. The van der Waals surface area contributed by atoms with Crippen LogP contribution in [0.2, 0.25) is 0 Å². The molecule has 0 aliphatic carbocycles. The molecule has 2 N–H and O–H groups in total. The molecule has 0 saturated carbocycles. The van der Waals surface area contributed by atoms with Crippen LogP contribution in [-0.4, -0.2) is 5.11 Å². The van der Waals surface area contributed by atoms with Crippen LogP contribution in [0.25, 0.3) is 0 Å². The predicted molar refractivity (Wildman–Crippen MR) is 70.7 cm³/mol. The Kier molecular flexibility index (Phi) is 3.98. The second kappa shape index (κ2) is 5.48. The van der Waals surface area contributed by atoms with Crippen molar-refractivity contribution < 1.29 is 5.11 Å². The number of thiophene rings is 1. The summed E-state index contributed by atoms with van der Waals surface area (Å²) in [6, 6.07) is 7.77. The topological polar surface area (TPSA) is 32.3 Å². The van der Waals surface area contributed by atoms with Gasteiger partial charge < -0.3 is 10.4 Å². The van der Waals surface area contributed by atoms with Crippen molar-refractivity contribution in [2.45, 2.75) is 13.1 Å². The first-order valence-electron chi connectivity index (χ1n) is 4.95. The van der Waals surface area contributed by atoms with Crippen molar-refractivity contribution in [2.75, 3.05) is 0 Å². The van der Waals surface area contributed by atoms with Gasteiger partial charge in [0.25, 0.3) is 0 Å². The molecule has 1 aromatic heterocycles. The van der Waals surface area contributed by atoms with Crippen molar-refractivity contribution in [3.05, 3.63) is 50.6 Å². The summed E-state index contributed by atoms with van der Waals surface area (Å²) in [7, 11) is 0. The van der Waals surface area contributed by atoms with Crippen LogP contribution < -0.4 is 5.32 Å². The van der Waals surface area contributed by atoms with Crippen LogP contribution in [0, 0.1) is 0 Å². The van der Waals surface area contributed by atoms with Crippen molar-refractivity contribution in [1.82, 2.24) is 5.32 Å². The first-order valence-corrected chi connectivity index (χ1v) is 6.69. The number of nitrogens with one attached hydrogen (secondary N) is 1. The SMILES string of the molecule is Oc1c(Br)cccc1CNCc1ccsc1. The van der Waals surface area contributed by atoms with Crippen molar-refractivity contribution >= 4 is 27.3 Å². The van der Waals surface area contributed by atoms with Gasteiger partial charge in [-0.15, -0.1) is 0 Å². The standard InChI is InChI=1S/C12H12BrNOS/c13-11-3-1-2-10(12(11)15)7-14-6-9-4-5-16-8-9/h1-5,8,14-15H,6-7H2. The normalized spacial score (nSPS) is 10.6. The average Bonchev–Trinajstić information content (AvgIpc) is 2.77. The van der Waals surface area contributed by atoms with E-state index < -0.39 is 0 Å². The largest absolute Gasteiger partial charge is 0.506 e. The van der Waals surface area contributed by atoms with E-state index in [1.165, 1.54) is 5.56 Å². The van der Waals surface area contributed by atoms with Gasteiger partial charge in [-0.1, -0.05) is 12.1 Å². The molecule has 1 aromatic carbocycles. The van der Waals surface area contributed by atoms with E-state index in [0.29, 0.717) is 12.3 Å². The fraction of sp³-hybridized carbons (Fsp3) is 0.167. The molecule has 0 atom stereocenters. The minimum absolute atomic E-state index is 0.320. The lowest BCUT2D eigenvalue weighted by Gasteiger charge is -2.07. The van der Waals surface area contributed by atoms with Crippen molar-refractivity contribution in [1.29, 1.82) is 0 Å². The highest BCUT2D eigenvalue weighted by atomic mass is 79.9. The molecular weight excluding hydrogens is 286 g/mol. The van der Waals surface area contributed by atoms with E-state index in [1.54, 1.807) is 11.3 Å². The average molecular weight is 298 g/mol. The van der Waals surface area contributed by atoms with E-state index in [0.717, 1.165) is 16.6 Å². The van der Waals surface area contributed by atoms with Gasteiger partial charge in [-0.3, -0.25) is 0 Å². The summed E-state index contributed by atoms with van der Waals surface area (Å²) in [6.07, 6.45) is 0. The molecule has 2 nitrogen and oxygen atoms in total. The van der Waals surface area contributed by atoms with Crippen LogP contribution >= 0.6 is 27.3 Å². The fourth-order valence-electron chi connectivity index (χ4n) is 1.44. The Balaban J connectivity index is 1.92. The second-order valence-electron chi connectivity index (χ2n) is 3.48. The molecule has 0 radical (unpaired) electrons. The first kappa shape index (κ1) is 11.6. The van der Waals surface area contributed by atoms with Crippen molar-refractivity contribution in [3.63, 3.8) is 0 Å². The molecule has 4 heteroatoms. The van der Waals surface area contributed by atoms with E-state index in [4.69, 9.17) is 0 Å². The summed E-state index contributed by atoms with van der Waals surface area (Å²) in [6.45, 7) is 1.50. The molecule has 0 fully saturated rings. The zero-order valence-electron chi connectivity index (χ0n) is 8.61. The Labute approximate surface area is 107 Å².